The highest BCUT2D eigenvalue weighted by Crippen LogP contribution is 2.34. The van der Waals surface area contributed by atoms with Crippen LogP contribution in [0.25, 0.3) is 5.57 Å². The molecule has 0 fully saturated rings. The summed E-state index contributed by atoms with van der Waals surface area (Å²) in [6.07, 6.45) is 1.59. The second-order valence-corrected chi connectivity index (χ2v) is 8.87. The number of nitro groups is 1. The lowest BCUT2D eigenvalue weighted by molar-refractivity contribution is -0.385. The van der Waals surface area contributed by atoms with Gasteiger partial charge in [0.05, 0.1) is 22.4 Å². The average molecular weight is 436 g/mol. The third kappa shape index (κ3) is 4.59. The number of carbonyl (C=O) groups excluding carboxylic acids is 1. The number of hydrogen-bond donors (Lipinski definition) is 0. The summed E-state index contributed by atoms with van der Waals surface area (Å²) >= 11 is 0. The van der Waals surface area contributed by atoms with Crippen molar-refractivity contribution in [2.24, 2.45) is 7.05 Å². The molecule has 9 nitrogen and oxygen atoms in total. The maximum Gasteiger partial charge on any atom is 0.310 e. The Balaban J connectivity index is 2.66. The van der Waals surface area contributed by atoms with Crippen molar-refractivity contribution in [3.05, 3.63) is 56.3 Å². The highest BCUT2D eigenvalue weighted by Gasteiger charge is 2.28. The van der Waals surface area contributed by atoms with E-state index in [-0.39, 0.29) is 28.4 Å². The van der Waals surface area contributed by atoms with E-state index < -0.39 is 20.8 Å². The molecule has 0 atom stereocenters. The highest BCUT2D eigenvalue weighted by atomic mass is 32.2. The number of hydrogen-bond acceptors (Lipinski definition) is 7. The highest BCUT2D eigenvalue weighted by molar-refractivity contribution is 7.87. The maximum absolute atomic E-state index is 13.3. The first-order valence-corrected chi connectivity index (χ1v) is 10.9. The van der Waals surface area contributed by atoms with Gasteiger partial charge >= 0.3 is 10.1 Å². The van der Waals surface area contributed by atoms with Crippen LogP contribution < -0.4 is 4.18 Å². The first kappa shape index (κ1) is 23.3. The molecule has 10 heteroatoms. The van der Waals surface area contributed by atoms with Crippen molar-refractivity contribution in [2.45, 2.75) is 41.0 Å². The van der Waals surface area contributed by atoms with Crippen molar-refractivity contribution in [2.75, 3.05) is 5.75 Å². The predicted octanol–water partition coefficient (Wildman–Crippen LogP) is 3.80. The van der Waals surface area contributed by atoms with Crippen LogP contribution in [0.4, 0.5) is 5.69 Å². The van der Waals surface area contributed by atoms with Gasteiger partial charge in [0.25, 0.3) is 5.69 Å². The van der Waals surface area contributed by atoms with E-state index in [0.29, 0.717) is 23.1 Å². The zero-order valence-electron chi connectivity index (χ0n) is 17.8. The molecule has 0 aliphatic rings. The molecular formula is C20H25N3O6S. The van der Waals surface area contributed by atoms with Crippen molar-refractivity contribution in [3.8, 4) is 5.88 Å². The van der Waals surface area contributed by atoms with E-state index in [1.54, 1.807) is 20.8 Å². The van der Waals surface area contributed by atoms with Gasteiger partial charge in [0.1, 0.15) is 5.56 Å². The molecule has 0 radical (unpaired) electrons. The van der Waals surface area contributed by atoms with E-state index in [1.165, 1.54) is 30.1 Å². The molecule has 0 saturated carbocycles. The lowest BCUT2D eigenvalue weighted by Crippen LogP contribution is -2.17. The first-order valence-electron chi connectivity index (χ1n) is 9.32. The van der Waals surface area contributed by atoms with Gasteiger partial charge in [0.2, 0.25) is 5.88 Å². The molecule has 0 bridgehead atoms. The van der Waals surface area contributed by atoms with Crippen LogP contribution in [0.5, 0.6) is 5.88 Å². The fraction of sp³-hybridized carbons (Fsp3) is 0.400. The Hall–Kier alpha value is -3.01. The molecular weight excluding hydrogens is 410 g/mol. The number of allylic oxidation sites excluding steroid dienone is 2. The molecule has 1 aromatic carbocycles. The molecule has 0 N–H and O–H groups in total. The average Bonchev–Trinajstić information content (AvgIpc) is 2.99. The summed E-state index contributed by atoms with van der Waals surface area (Å²) in [6, 6.07) is 2.65. The topological polar surface area (TPSA) is 121 Å². The van der Waals surface area contributed by atoms with Crippen molar-refractivity contribution in [3.63, 3.8) is 0 Å². The molecule has 0 amide bonds. The SMILES string of the molecule is CCCS(=O)(=O)Oc1c(C(=O)c2ccc([N+](=O)[O-])c(C(C)=C(C)C)c2C)cnn1C. The minimum absolute atomic E-state index is 0.0325. The van der Waals surface area contributed by atoms with E-state index in [1.807, 2.05) is 13.8 Å². The monoisotopic (exact) mass is 435 g/mol. The molecule has 2 aromatic rings. The summed E-state index contributed by atoms with van der Waals surface area (Å²) in [6.45, 7) is 8.75. The molecule has 162 valence electrons. The van der Waals surface area contributed by atoms with Crippen LogP contribution in [0.1, 0.15) is 61.2 Å². The smallest absolute Gasteiger partial charge is 0.310 e. The van der Waals surface area contributed by atoms with Gasteiger partial charge in [-0.2, -0.15) is 13.5 Å². The Morgan fingerprint density at radius 2 is 1.87 bits per heavy atom. The fourth-order valence-electron chi connectivity index (χ4n) is 3.06. The van der Waals surface area contributed by atoms with Crippen LogP contribution in [0.15, 0.2) is 23.9 Å². The molecule has 0 aliphatic carbocycles. The van der Waals surface area contributed by atoms with E-state index in [4.69, 9.17) is 4.18 Å². The van der Waals surface area contributed by atoms with E-state index in [9.17, 15) is 23.3 Å². The molecule has 0 spiro atoms. The molecule has 30 heavy (non-hydrogen) atoms. The largest absolute Gasteiger partial charge is 0.361 e. The summed E-state index contributed by atoms with van der Waals surface area (Å²) in [4.78, 5) is 24.3. The van der Waals surface area contributed by atoms with Crippen LogP contribution in [-0.4, -0.2) is 34.7 Å². The number of carbonyl (C=O) groups is 1. The number of aryl methyl sites for hydroxylation is 1. The Labute approximate surface area is 175 Å². The van der Waals surface area contributed by atoms with Gasteiger partial charge in [-0.1, -0.05) is 12.5 Å². The number of nitro benzene ring substituents is 1. The number of benzene rings is 1. The predicted molar refractivity (Wildman–Crippen MR) is 113 cm³/mol. The second kappa shape index (κ2) is 8.78. The normalized spacial score (nSPS) is 11.3. The third-order valence-corrected chi connectivity index (χ3v) is 6.12. The standard InChI is InChI=1S/C20H25N3O6S/c1-7-10-30(27,28)29-20-16(11-21-22(20)6)19(24)15-8-9-17(23(25)26)18(14(15)5)13(4)12(2)3/h8-9,11H,7,10H2,1-6H3. The summed E-state index contributed by atoms with van der Waals surface area (Å²) < 4.78 is 30.5. The lowest BCUT2D eigenvalue weighted by atomic mass is 9.90. The number of rotatable bonds is 8. The quantitative estimate of drug-likeness (QED) is 0.267. The number of ketones is 1. The number of aromatic nitrogens is 2. The van der Waals surface area contributed by atoms with Gasteiger partial charge < -0.3 is 4.18 Å². The van der Waals surface area contributed by atoms with Gasteiger partial charge in [-0.05, 0) is 51.3 Å². The van der Waals surface area contributed by atoms with Crippen molar-refractivity contribution >= 4 is 27.2 Å². The summed E-state index contributed by atoms with van der Waals surface area (Å²) in [7, 11) is -2.42. The molecule has 0 saturated heterocycles. The fourth-order valence-corrected chi connectivity index (χ4v) is 4.08. The zero-order chi connectivity index (χ0) is 22.8. The van der Waals surface area contributed by atoms with Crippen molar-refractivity contribution < 1.29 is 22.3 Å². The first-order chi connectivity index (χ1) is 13.9. The van der Waals surface area contributed by atoms with Crippen molar-refractivity contribution in [1.82, 2.24) is 9.78 Å². The van der Waals surface area contributed by atoms with Crippen LogP contribution in [0.3, 0.4) is 0 Å². The Morgan fingerprint density at radius 3 is 2.40 bits per heavy atom. The van der Waals surface area contributed by atoms with Gasteiger partial charge in [0.15, 0.2) is 5.78 Å². The van der Waals surface area contributed by atoms with Crippen LogP contribution in [0, 0.1) is 17.0 Å². The minimum atomic E-state index is -3.89. The van der Waals surface area contributed by atoms with Gasteiger partial charge in [-0.3, -0.25) is 14.9 Å². The molecule has 0 aliphatic heterocycles. The van der Waals surface area contributed by atoms with Gasteiger partial charge in [-0.25, -0.2) is 4.68 Å². The van der Waals surface area contributed by atoms with Crippen LogP contribution in [0.2, 0.25) is 0 Å². The number of nitrogens with zero attached hydrogens (tertiary/aromatic N) is 3. The van der Waals surface area contributed by atoms with E-state index in [2.05, 4.69) is 5.10 Å². The molecule has 1 heterocycles. The Morgan fingerprint density at radius 1 is 1.23 bits per heavy atom. The summed E-state index contributed by atoms with van der Waals surface area (Å²) in [5, 5.41) is 15.5. The summed E-state index contributed by atoms with van der Waals surface area (Å²) in [5.41, 5.74) is 2.45. The second-order valence-electron chi connectivity index (χ2n) is 7.18. The summed E-state index contributed by atoms with van der Waals surface area (Å²) in [5.74, 6) is -0.918. The van der Waals surface area contributed by atoms with Crippen LogP contribution in [-0.2, 0) is 17.2 Å². The maximum atomic E-state index is 13.3. The van der Waals surface area contributed by atoms with E-state index >= 15 is 0 Å². The zero-order valence-corrected chi connectivity index (χ0v) is 18.7. The van der Waals surface area contributed by atoms with Gasteiger partial charge in [-0.15, -0.1) is 0 Å². The third-order valence-electron chi connectivity index (χ3n) is 4.80. The van der Waals surface area contributed by atoms with Crippen molar-refractivity contribution in [1.29, 1.82) is 0 Å². The minimum Gasteiger partial charge on any atom is -0.361 e. The molecule has 2 rings (SSSR count). The Bertz CT molecular complexity index is 1140. The lowest BCUT2D eigenvalue weighted by Gasteiger charge is -2.14. The van der Waals surface area contributed by atoms with E-state index in [0.717, 1.165) is 5.57 Å². The van der Waals surface area contributed by atoms with Crippen LogP contribution >= 0.6 is 0 Å². The Kier molecular flexibility index (Phi) is 6.81. The molecule has 0 unspecified atom stereocenters. The van der Waals surface area contributed by atoms with Gasteiger partial charge in [0, 0.05) is 18.7 Å². The molecule has 1 aromatic heterocycles.